The lowest BCUT2D eigenvalue weighted by Gasteiger charge is -2.42. The summed E-state index contributed by atoms with van der Waals surface area (Å²) >= 11 is 0. The summed E-state index contributed by atoms with van der Waals surface area (Å²) in [6, 6.07) is 0. The lowest BCUT2D eigenvalue weighted by atomic mass is 9.92. The van der Waals surface area contributed by atoms with Crippen LogP contribution in [0.2, 0.25) is 0 Å². The Morgan fingerprint density at radius 2 is 1.95 bits per heavy atom. The molecule has 2 saturated carbocycles. The van der Waals surface area contributed by atoms with Crippen LogP contribution in [0, 0.1) is 5.92 Å². The Morgan fingerprint density at radius 3 is 2.70 bits per heavy atom. The molecule has 4 aliphatic rings. The van der Waals surface area contributed by atoms with E-state index in [1.165, 1.54) is 71.0 Å². The van der Waals surface area contributed by atoms with Gasteiger partial charge in [0.2, 0.25) is 0 Å². The number of nitrogens with zero attached hydrogens (tertiary/aromatic N) is 1. The van der Waals surface area contributed by atoms with E-state index in [1.54, 1.807) is 0 Å². The van der Waals surface area contributed by atoms with Crippen LogP contribution in [0.25, 0.3) is 0 Å². The number of ether oxygens (including phenoxy) is 1. The van der Waals surface area contributed by atoms with Gasteiger partial charge in [-0.3, -0.25) is 4.90 Å². The highest BCUT2D eigenvalue weighted by Gasteiger charge is 2.46. The molecule has 2 saturated heterocycles. The van der Waals surface area contributed by atoms with Crippen LogP contribution in [0.3, 0.4) is 0 Å². The molecular formula is C17H30N2O. The summed E-state index contributed by atoms with van der Waals surface area (Å²) in [6.07, 6.45) is 11.4. The van der Waals surface area contributed by atoms with E-state index in [4.69, 9.17) is 4.74 Å². The fraction of sp³-hybridized carbons (Fsp3) is 1.00. The van der Waals surface area contributed by atoms with E-state index in [9.17, 15) is 0 Å². The molecule has 0 bridgehead atoms. The molecule has 4 rings (SSSR count). The summed E-state index contributed by atoms with van der Waals surface area (Å²) in [4.78, 5) is 2.67. The van der Waals surface area contributed by atoms with E-state index in [0.717, 1.165) is 12.5 Å². The average Bonchev–Trinajstić information content (AvgIpc) is 3.10. The molecule has 3 heteroatoms. The van der Waals surface area contributed by atoms with Crippen LogP contribution >= 0.6 is 0 Å². The van der Waals surface area contributed by atoms with Crippen molar-refractivity contribution in [3.05, 3.63) is 0 Å². The predicted octanol–water partition coefficient (Wildman–Crippen LogP) is 2.55. The Morgan fingerprint density at radius 1 is 1.15 bits per heavy atom. The molecule has 0 aromatic rings. The van der Waals surface area contributed by atoms with Crippen molar-refractivity contribution >= 4 is 0 Å². The quantitative estimate of drug-likeness (QED) is 0.858. The first-order valence-electron chi connectivity index (χ1n) is 8.83. The Bertz CT molecular complexity index is 362. The molecule has 1 spiro atoms. The maximum Gasteiger partial charge on any atom is 0.0710 e. The van der Waals surface area contributed by atoms with Crippen molar-refractivity contribution < 1.29 is 4.74 Å². The molecule has 0 radical (unpaired) electrons. The van der Waals surface area contributed by atoms with Crippen LogP contribution in [-0.2, 0) is 4.74 Å². The Labute approximate surface area is 123 Å². The Kier molecular flexibility index (Phi) is 3.36. The molecule has 0 aromatic heterocycles. The largest absolute Gasteiger partial charge is 0.370 e. The van der Waals surface area contributed by atoms with Crippen molar-refractivity contribution in [3.63, 3.8) is 0 Å². The SMILES string of the molecule is CC1(C2CC2)CN(CC2CCC3(CCCC3)O2)CCN1. The zero-order valence-corrected chi connectivity index (χ0v) is 13.0. The molecule has 114 valence electrons. The zero-order valence-electron chi connectivity index (χ0n) is 13.0. The number of rotatable bonds is 3. The minimum absolute atomic E-state index is 0.304. The molecule has 1 N–H and O–H groups in total. The van der Waals surface area contributed by atoms with Crippen LogP contribution in [0.1, 0.15) is 58.3 Å². The average molecular weight is 278 g/mol. The third kappa shape index (κ3) is 2.53. The van der Waals surface area contributed by atoms with Gasteiger partial charge in [-0.05, 0) is 51.4 Å². The van der Waals surface area contributed by atoms with E-state index in [-0.39, 0.29) is 0 Å². The van der Waals surface area contributed by atoms with E-state index in [2.05, 4.69) is 17.1 Å². The molecule has 2 atom stereocenters. The third-order valence-corrected chi connectivity index (χ3v) is 6.30. The Hall–Kier alpha value is -0.120. The van der Waals surface area contributed by atoms with Crippen molar-refractivity contribution in [2.24, 2.45) is 5.92 Å². The van der Waals surface area contributed by atoms with Crippen LogP contribution < -0.4 is 5.32 Å². The van der Waals surface area contributed by atoms with Crippen molar-refractivity contribution in [1.29, 1.82) is 0 Å². The summed E-state index contributed by atoms with van der Waals surface area (Å²) < 4.78 is 6.49. The van der Waals surface area contributed by atoms with Gasteiger partial charge in [-0.15, -0.1) is 0 Å². The Balaban J connectivity index is 1.33. The molecule has 0 aromatic carbocycles. The summed E-state index contributed by atoms with van der Waals surface area (Å²) in [7, 11) is 0. The normalized spacial score (nSPS) is 41.5. The third-order valence-electron chi connectivity index (χ3n) is 6.30. The summed E-state index contributed by atoms with van der Waals surface area (Å²) in [5.41, 5.74) is 0.681. The maximum absolute atomic E-state index is 6.49. The van der Waals surface area contributed by atoms with Crippen molar-refractivity contribution in [2.45, 2.75) is 75.5 Å². The molecule has 2 heterocycles. The van der Waals surface area contributed by atoms with Gasteiger partial charge in [0.15, 0.2) is 0 Å². The molecule has 20 heavy (non-hydrogen) atoms. The molecule has 2 aliphatic heterocycles. The molecule has 0 amide bonds. The van der Waals surface area contributed by atoms with Crippen LogP contribution in [0.4, 0.5) is 0 Å². The minimum Gasteiger partial charge on any atom is -0.370 e. The standard InChI is InChI=1S/C17H30N2O/c1-16(14-4-5-14)13-19(11-10-18-16)12-15-6-9-17(20-15)7-2-3-8-17/h14-15,18H,2-13H2,1H3. The molecule has 3 nitrogen and oxygen atoms in total. The number of piperazine rings is 1. The van der Waals surface area contributed by atoms with Gasteiger partial charge in [-0.25, -0.2) is 0 Å². The number of nitrogens with one attached hydrogen (secondary N) is 1. The van der Waals surface area contributed by atoms with Gasteiger partial charge < -0.3 is 10.1 Å². The van der Waals surface area contributed by atoms with Crippen LogP contribution in [-0.4, -0.2) is 48.3 Å². The fourth-order valence-electron chi connectivity index (χ4n) is 4.95. The second-order valence-electron chi connectivity index (χ2n) is 8.02. The highest BCUT2D eigenvalue weighted by molar-refractivity contribution is 5.02. The van der Waals surface area contributed by atoms with E-state index in [0.29, 0.717) is 17.2 Å². The predicted molar refractivity (Wildman–Crippen MR) is 80.9 cm³/mol. The van der Waals surface area contributed by atoms with Crippen molar-refractivity contribution in [3.8, 4) is 0 Å². The van der Waals surface area contributed by atoms with Gasteiger partial charge in [0.1, 0.15) is 0 Å². The van der Waals surface area contributed by atoms with Crippen LogP contribution in [0.15, 0.2) is 0 Å². The second kappa shape index (κ2) is 4.96. The molecule has 4 fully saturated rings. The zero-order chi connectivity index (χ0) is 13.6. The monoisotopic (exact) mass is 278 g/mol. The van der Waals surface area contributed by atoms with Crippen molar-refractivity contribution in [2.75, 3.05) is 26.2 Å². The van der Waals surface area contributed by atoms with E-state index in [1.807, 2.05) is 0 Å². The van der Waals surface area contributed by atoms with Gasteiger partial charge in [0.05, 0.1) is 11.7 Å². The highest BCUT2D eigenvalue weighted by atomic mass is 16.5. The minimum atomic E-state index is 0.304. The first-order chi connectivity index (χ1) is 9.68. The summed E-state index contributed by atoms with van der Waals surface area (Å²) in [5, 5.41) is 3.78. The number of hydrogen-bond donors (Lipinski definition) is 1. The topological polar surface area (TPSA) is 24.5 Å². The fourth-order valence-corrected chi connectivity index (χ4v) is 4.95. The van der Waals surface area contributed by atoms with Crippen molar-refractivity contribution in [1.82, 2.24) is 10.2 Å². The first kappa shape index (κ1) is 13.5. The van der Waals surface area contributed by atoms with Gasteiger partial charge >= 0.3 is 0 Å². The second-order valence-corrected chi connectivity index (χ2v) is 8.02. The first-order valence-corrected chi connectivity index (χ1v) is 8.83. The lowest BCUT2D eigenvalue weighted by Crippen LogP contribution is -2.60. The highest BCUT2D eigenvalue weighted by Crippen LogP contribution is 2.44. The van der Waals surface area contributed by atoms with Gasteiger partial charge in [0, 0.05) is 31.7 Å². The number of hydrogen-bond acceptors (Lipinski definition) is 3. The van der Waals surface area contributed by atoms with Gasteiger partial charge in [-0.1, -0.05) is 12.8 Å². The van der Waals surface area contributed by atoms with E-state index >= 15 is 0 Å². The summed E-state index contributed by atoms with van der Waals surface area (Å²) in [6.45, 7) is 7.20. The summed E-state index contributed by atoms with van der Waals surface area (Å²) in [5.74, 6) is 0.927. The smallest absolute Gasteiger partial charge is 0.0710 e. The van der Waals surface area contributed by atoms with Gasteiger partial charge in [0.25, 0.3) is 0 Å². The molecule has 2 aliphatic carbocycles. The maximum atomic E-state index is 6.49. The molecular weight excluding hydrogens is 248 g/mol. The van der Waals surface area contributed by atoms with E-state index < -0.39 is 0 Å². The van der Waals surface area contributed by atoms with Gasteiger partial charge in [-0.2, -0.15) is 0 Å². The lowest BCUT2D eigenvalue weighted by molar-refractivity contribution is -0.0520. The van der Waals surface area contributed by atoms with Crippen LogP contribution in [0.5, 0.6) is 0 Å². The molecule has 2 unspecified atom stereocenters.